The van der Waals surface area contributed by atoms with Crippen LogP contribution >= 0.6 is 0 Å². The Morgan fingerprint density at radius 2 is 1.92 bits per heavy atom. The number of aryl methyl sites for hydroxylation is 3. The Hall–Kier alpha value is -2.63. The number of ether oxygens (including phenoxy) is 1. The lowest BCUT2D eigenvalue weighted by Gasteiger charge is -2.25. The van der Waals surface area contributed by atoms with Gasteiger partial charge in [0, 0.05) is 12.7 Å². The van der Waals surface area contributed by atoms with Gasteiger partial charge in [-0.05, 0) is 32.4 Å². The van der Waals surface area contributed by atoms with E-state index < -0.39 is 5.97 Å². The minimum absolute atomic E-state index is 0.0814. The van der Waals surface area contributed by atoms with Gasteiger partial charge < -0.3 is 9.64 Å². The third-order valence-corrected chi connectivity index (χ3v) is 4.24. The lowest BCUT2D eigenvalue weighted by molar-refractivity contribution is -0.152. The molecule has 0 radical (unpaired) electrons. The maximum absolute atomic E-state index is 12.2. The quantitative estimate of drug-likeness (QED) is 0.725. The number of nitrogens with zero attached hydrogens (tertiary/aromatic N) is 3. The first kappa shape index (κ1) is 18.7. The van der Waals surface area contributed by atoms with Gasteiger partial charge >= 0.3 is 5.97 Å². The van der Waals surface area contributed by atoms with Crippen molar-refractivity contribution < 1.29 is 14.3 Å². The molecule has 6 heteroatoms. The summed E-state index contributed by atoms with van der Waals surface area (Å²) in [4.78, 5) is 25.7. The van der Waals surface area contributed by atoms with Crippen LogP contribution in [0, 0.1) is 13.8 Å². The Bertz CT molecular complexity index is 725. The van der Waals surface area contributed by atoms with E-state index in [1.807, 2.05) is 57.2 Å². The highest BCUT2D eigenvalue weighted by Crippen LogP contribution is 2.18. The van der Waals surface area contributed by atoms with Crippen LogP contribution in [0.1, 0.15) is 36.3 Å². The average molecular weight is 343 g/mol. The zero-order chi connectivity index (χ0) is 18.4. The van der Waals surface area contributed by atoms with Crippen LogP contribution in [-0.2, 0) is 20.9 Å². The molecule has 1 aromatic carbocycles. The second-order valence-corrected chi connectivity index (χ2v) is 6.15. The first-order chi connectivity index (χ1) is 11.9. The van der Waals surface area contributed by atoms with Crippen LogP contribution in [0.3, 0.4) is 0 Å². The molecule has 2 rings (SSSR count). The first-order valence-corrected chi connectivity index (χ1v) is 8.35. The van der Waals surface area contributed by atoms with Crippen molar-refractivity contribution in [2.45, 2.75) is 39.8 Å². The molecule has 0 spiro atoms. The summed E-state index contributed by atoms with van der Waals surface area (Å²) in [6.07, 6.45) is 0.188. The van der Waals surface area contributed by atoms with E-state index in [0.717, 1.165) is 17.0 Å². The molecule has 0 aliphatic carbocycles. The highest BCUT2D eigenvalue weighted by molar-refractivity contribution is 5.80. The number of likely N-dealkylation sites (N-methyl/N-ethyl adjacent to an activating group) is 1. The summed E-state index contributed by atoms with van der Waals surface area (Å²) in [5.41, 5.74) is 2.95. The summed E-state index contributed by atoms with van der Waals surface area (Å²) < 4.78 is 6.87. The Kier molecular flexibility index (Phi) is 6.33. The van der Waals surface area contributed by atoms with Crippen molar-refractivity contribution in [2.24, 2.45) is 0 Å². The molecule has 0 bridgehead atoms. The van der Waals surface area contributed by atoms with Crippen LogP contribution in [0.4, 0.5) is 0 Å². The molecule has 2 aromatic rings. The summed E-state index contributed by atoms with van der Waals surface area (Å²) in [6, 6.07) is 11.6. The number of aromatic nitrogens is 2. The number of benzene rings is 1. The number of hydrogen-bond acceptors (Lipinski definition) is 4. The third-order valence-electron chi connectivity index (χ3n) is 4.24. The number of carbonyl (C=O) groups excluding carboxylic acids is 2. The molecule has 0 N–H and O–H groups in total. The Morgan fingerprint density at radius 1 is 1.24 bits per heavy atom. The van der Waals surface area contributed by atoms with E-state index in [2.05, 4.69) is 5.10 Å². The fourth-order valence-corrected chi connectivity index (χ4v) is 2.59. The topological polar surface area (TPSA) is 64.4 Å². The van der Waals surface area contributed by atoms with Gasteiger partial charge in [-0.1, -0.05) is 30.3 Å². The summed E-state index contributed by atoms with van der Waals surface area (Å²) in [5, 5.41) is 4.30. The van der Waals surface area contributed by atoms with Crippen molar-refractivity contribution in [3.63, 3.8) is 0 Å². The predicted molar refractivity (Wildman–Crippen MR) is 94.9 cm³/mol. The first-order valence-electron chi connectivity index (χ1n) is 8.35. The van der Waals surface area contributed by atoms with Gasteiger partial charge in [0.25, 0.3) is 5.91 Å². The van der Waals surface area contributed by atoms with E-state index in [1.54, 1.807) is 16.6 Å². The monoisotopic (exact) mass is 343 g/mol. The van der Waals surface area contributed by atoms with E-state index in [-0.39, 0.29) is 25.0 Å². The van der Waals surface area contributed by atoms with Crippen molar-refractivity contribution in [1.29, 1.82) is 0 Å². The molecular weight excluding hydrogens is 318 g/mol. The maximum Gasteiger partial charge on any atom is 0.308 e. The SMILES string of the molecule is Cc1cc(C)n(CCC(=O)OCC(=O)N(C)C(C)c2ccccc2)n1. The zero-order valence-electron chi connectivity index (χ0n) is 15.2. The second-order valence-electron chi connectivity index (χ2n) is 6.15. The summed E-state index contributed by atoms with van der Waals surface area (Å²) in [6.45, 7) is 5.99. The number of rotatable bonds is 7. The minimum atomic E-state index is -0.401. The van der Waals surface area contributed by atoms with Gasteiger partial charge in [-0.25, -0.2) is 0 Å². The molecule has 1 amide bonds. The molecule has 0 fully saturated rings. The third kappa shape index (κ3) is 5.17. The standard InChI is InChI=1S/C19H25N3O3/c1-14-12-15(2)22(20-14)11-10-19(24)25-13-18(23)21(4)16(3)17-8-6-5-7-9-17/h5-9,12,16H,10-11,13H2,1-4H3. The highest BCUT2D eigenvalue weighted by atomic mass is 16.5. The number of hydrogen-bond donors (Lipinski definition) is 0. The van der Waals surface area contributed by atoms with Gasteiger partial charge in [0.1, 0.15) is 0 Å². The highest BCUT2D eigenvalue weighted by Gasteiger charge is 2.18. The fourth-order valence-electron chi connectivity index (χ4n) is 2.59. The van der Waals surface area contributed by atoms with Crippen molar-refractivity contribution in [1.82, 2.24) is 14.7 Å². The van der Waals surface area contributed by atoms with Crippen LogP contribution in [-0.4, -0.2) is 40.2 Å². The molecule has 1 unspecified atom stereocenters. The number of amides is 1. The van der Waals surface area contributed by atoms with Crippen LogP contribution in [0.2, 0.25) is 0 Å². The Labute approximate surface area is 148 Å². The Balaban J connectivity index is 1.78. The van der Waals surface area contributed by atoms with E-state index in [1.165, 1.54) is 0 Å². The molecule has 0 saturated heterocycles. The summed E-state index contributed by atoms with van der Waals surface area (Å²) in [5.74, 6) is -0.627. The Morgan fingerprint density at radius 3 is 2.52 bits per heavy atom. The van der Waals surface area contributed by atoms with E-state index in [4.69, 9.17) is 4.74 Å². The summed E-state index contributed by atoms with van der Waals surface area (Å²) in [7, 11) is 1.71. The van der Waals surface area contributed by atoms with Crippen molar-refractivity contribution >= 4 is 11.9 Å². The summed E-state index contributed by atoms with van der Waals surface area (Å²) >= 11 is 0. The van der Waals surface area contributed by atoms with Crippen LogP contribution in [0.15, 0.2) is 36.4 Å². The van der Waals surface area contributed by atoms with Crippen molar-refractivity contribution in [3.8, 4) is 0 Å². The van der Waals surface area contributed by atoms with Gasteiger partial charge in [0.05, 0.1) is 24.7 Å². The van der Waals surface area contributed by atoms with Gasteiger partial charge in [0.2, 0.25) is 0 Å². The van der Waals surface area contributed by atoms with E-state index >= 15 is 0 Å². The van der Waals surface area contributed by atoms with Crippen molar-refractivity contribution in [3.05, 3.63) is 53.3 Å². The molecule has 1 aromatic heterocycles. The lowest BCUT2D eigenvalue weighted by Crippen LogP contribution is -2.33. The van der Waals surface area contributed by atoms with E-state index in [9.17, 15) is 9.59 Å². The van der Waals surface area contributed by atoms with Gasteiger partial charge in [0.15, 0.2) is 6.61 Å². The minimum Gasteiger partial charge on any atom is -0.456 e. The molecule has 25 heavy (non-hydrogen) atoms. The normalized spacial score (nSPS) is 11.8. The molecule has 1 heterocycles. The maximum atomic E-state index is 12.2. The smallest absolute Gasteiger partial charge is 0.308 e. The molecule has 0 aliphatic rings. The second kappa shape index (κ2) is 8.46. The molecule has 6 nitrogen and oxygen atoms in total. The molecule has 1 atom stereocenters. The fraction of sp³-hybridized carbons (Fsp3) is 0.421. The average Bonchev–Trinajstić information content (AvgIpc) is 2.94. The van der Waals surface area contributed by atoms with Gasteiger partial charge in [-0.3, -0.25) is 14.3 Å². The largest absolute Gasteiger partial charge is 0.456 e. The van der Waals surface area contributed by atoms with E-state index in [0.29, 0.717) is 6.54 Å². The molecular formula is C19H25N3O3. The molecule has 0 saturated carbocycles. The molecule has 134 valence electrons. The molecule has 0 aliphatic heterocycles. The van der Waals surface area contributed by atoms with Gasteiger partial charge in [-0.2, -0.15) is 5.10 Å². The van der Waals surface area contributed by atoms with Crippen LogP contribution in [0.5, 0.6) is 0 Å². The number of carbonyl (C=O) groups is 2. The van der Waals surface area contributed by atoms with Crippen molar-refractivity contribution in [2.75, 3.05) is 13.7 Å². The van der Waals surface area contributed by atoms with Gasteiger partial charge in [-0.15, -0.1) is 0 Å². The van der Waals surface area contributed by atoms with Crippen LogP contribution in [0.25, 0.3) is 0 Å². The lowest BCUT2D eigenvalue weighted by atomic mass is 10.1. The zero-order valence-corrected chi connectivity index (χ0v) is 15.2. The van der Waals surface area contributed by atoms with Crippen LogP contribution < -0.4 is 0 Å². The predicted octanol–water partition coefficient (Wildman–Crippen LogP) is 2.65. The number of esters is 1.